The number of methoxy groups -OCH3 is 1. The Kier molecular flexibility index (Phi) is 4.45. The molecule has 0 bridgehead atoms. The summed E-state index contributed by atoms with van der Waals surface area (Å²) in [7, 11) is 2.81. The van der Waals surface area contributed by atoms with Gasteiger partial charge >= 0.3 is 5.97 Å². The summed E-state index contributed by atoms with van der Waals surface area (Å²) in [6.07, 6.45) is 1.55. The predicted molar refractivity (Wildman–Crippen MR) is 60.7 cm³/mol. The molecule has 0 unspecified atom stereocenters. The van der Waals surface area contributed by atoms with Gasteiger partial charge in [-0.2, -0.15) is 0 Å². The third-order valence-electron chi connectivity index (χ3n) is 2.27. The van der Waals surface area contributed by atoms with E-state index in [4.69, 9.17) is 0 Å². The van der Waals surface area contributed by atoms with Gasteiger partial charge in [0, 0.05) is 19.8 Å². The average Bonchev–Trinajstić information content (AvgIpc) is 2.35. The van der Waals surface area contributed by atoms with Crippen molar-refractivity contribution in [1.29, 1.82) is 0 Å². The second-order valence-electron chi connectivity index (χ2n) is 3.47. The molecule has 1 aromatic heterocycles. The van der Waals surface area contributed by atoms with Crippen molar-refractivity contribution in [3.63, 3.8) is 0 Å². The third-order valence-corrected chi connectivity index (χ3v) is 2.27. The predicted octanol–water partition coefficient (Wildman–Crippen LogP) is 0.01000. The van der Waals surface area contributed by atoms with Crippen LogP contribution in [-0.2, 0) is 9.53 Å². The van der Waals surface area contributed by atoms with Gasteiger partial charge in [0.05, 0.1) is 13.5 Å². The summed E-state index contributed by atoms with van der Waals surface area (Å²) in [5.74, 6) is -0.817. The summed E-state index contributed by atoms with van der Waals surface area (Å²) in [6.45, 7) is 0.208. The van der Waals surface area contributed by atoms with Crippen molar-refractivity contribution in [2.75, 3.05) is 20.7 Å². The van der Waals surface area contributed by atoms with Gasteiger partial charge in [0.25, 0.3) is 11.5 Å². The van der Waals surface area contributed by atoms with Crippen LogP contribution in [0.15, 0.2) is 23.1 Å². The number of esters is 1. The zero-order valence-corrected chi connectivity index (χ0v) is 9.73. The van der Waals surface area contributed by atoms with Crippen LogP contribution in [0.1, 0.15) is 16.8 Å². The number of H-pyrrole nitrogens is 1. The highest BCUT2D eigenvalue weighted by Crippen LogP contribution is 1.98. The highest BCUT2D eigenvalue weighted by atomic mass is 16.5. The molecule has 1 amide bonds. The van der Waals surface area contributed by atoms with Crippen LogP contribution in [0.25, 0.3) is 0 Å². The number of ether oxygens (including phenoxy) is 1. The van der Waals surface area contributed by atoms with E-state index < -0.39 is 17.4 Å². The molecular formula is C11H14N2O4. The number of nitrogens with zero attached hydrogens (tertiary/aromatic N) is 1. The fourth-order valence-corrected chi connectivity index (χ4v) is 1.26. The zero-order chi connectivity index (χ0) is 12.8. The van der Waals surface area contributed by atoms with Crippen LogP contribution < -0.4 is 5.56 Å². The van der Waals surface area contributed by atoms with Gasteiger partial charge in [-0.1, -0.05) is 0 Å². The molecule has 0 atom stereocenters. The first-order valence-corrected chi connectivity index (χ1v) is 5.06. The normalized spacial score (nSPS) is 9.76. The Morgan fingerprint density at radius 2 is 2.18 bits per heavy atom. The lowest BCUT2D eigenvalue weighted by molar-refractivity contribution is -0.140. The molecule has 1 heterocycles. The second-order valence-corrected chi connectivity index (χ2v) is 3.47. The average molecular weight is 238 g/mol. The number of nitrogens with one attached hydrogen (secondary N) is 1. The molecule has 0 radical (unpaired) electrons. The third kappa shape index (κ3) is 3.44. The van der Waals surface area contributed by atoms with Crippen molar-refractivity contribution in [3.05, 3.63) is 34.2 Å². The first kappa shape index (κ1) is 13.0. The summed E-state index contributed by atoms with van der Waals surface area (Å²) in [5, 5.41) is 0. The molecule has 0 spiro atoms. The van der Waals surface area contributed by atoms with E-state index in [1.165, 1.54) is 31.3 Å². The maximum Gasteiger partial charge on any atom is 0.307 e. The van der Waals surface area contributed by atoms with Gasteiger partial charge in [-0.05, 0) is 12.1 Å². The molecule has 6 nitrogen and oxygen atoms in total. The van der Waals surface area contributed by atoms with E-state index in [0.717, 1.165) is 0 Å². The maximum atomic E-state index is 11.8. The Hall–Kier alpha value is -2.11. The second kappa shape index (κ2) is 5.83. The Morgan fingerprint density at radius 1 is 1.47 bits per heavy atom. The van der Waals surface area contributed by atoms with E-state index >= 15 is 0 Å². The molecule has 0 fully saturated rings. The van der Waals surface area contributed by atoms with Crippen LogP contribution in [0.4, 0.5) is 0 Å². The quantitative estimate of drug-likeness (QED) is 0.749. The Labute approximate surface area is 98.2 Å². The van der Waals surface area contributed by atoms with Crippen molar-refractivity contribution in [2.24, 2.45) is 0 Å². The minimum absolute atomic E-state index is 0.0554. The lowest BCUT2D eigenvalue weighted by atomic mass is 10.2. The molecule has 0 aliphatic rings. The molecule has 6 heteroatoms. The highest BCUT2D eigenvalue weighted by molar-refractivity contribution is 5.93. The number of aromatic nitrogens is 1. The smallest absolute Gasteiger partial charge is 0.307 e. The van der Waals surface area contributed by atoms with Gasteiger partial charge < -0.3 is 14.6 Å². The number of carbonyl (C=O) groups is 2. The fraction of sp³-hybridized carbons (Fsp3) is 0.364. The molecule has 17 heavy (non-hydrogen) atoms. The minimum Gasteiger partial charge on any atom is -0.469 e. The number of hydrogen-bond acceptors (Lipinski definition) is 4. The Morgan fingerprint density at radius 3 is 2.76 bits per heavy atom. The van der Waals surface area contributed by atoms with Crippen LogP contribution in [-0.4, -0.2) is 42.5 Å². The lowest BCUT2D eigenvalue weighted by Crippen LogP contribution is -2.33. The molecule has 0 aliphatic heterocycles. The van der Waals surface area contributed by atoms with Gasteiger partial charge in [0.2, 0.25) is 0 Å². The number of carbonyl (C=O) groups excluding carboxylic acids is 2. The first-order chi connectivity index (χ1) is 8.06. The molecular weight excluding hydrogens is 224 g/mol. The standard InChI is InChI=1S/C11H14N2O4/c1-13(7-5-9(14)17-2)11(16)8-4-3-6-12-10(8)15/h3-4,6H,5,7H2,1-2H3,(H,12,15). The number of rotatable bonds is 4. The summed E-state index contributed by atoms with van der Waals surface area (Å²) in [5.41, 5.74) is -0.387. The Bertz CT molecular complexity index is 467. The minimum atomic E-state index is -0.442. The van der Waals surface area contributed by atoms with Gasteiger partial charge in [0.15, 0.2) is 0 Å². The van der Waals surface area contributed by atoms with Crippen LogP contribution in [0.2, 0.25) is 0 Å². The molecule has 0 aliphatic carbocycles. The van der Waals surface area contributed by atoms with E-state index in [1.807, 2.05) is 0 Å². The lowest BCUT2D eigenvalue weighted by Gasteiger charge is -2.15. The van der Waals surface area contributed by atoms with E-state index in [-0.39, 0.29) is 18.5 Å². The van der Waals surface area contributed by atoms with Crippen molar-refractivity contribution < 1.29 is 14.3 Å². The Balaban J connectivity index is 2.68. The number of hydrogen-bond donors (Lipinski definition) is 1. The molecule has 0 saturated carbocycles. The topological polar surface area (TPSA) is 79.5 Å². The van der Waals surface area contributed by atoms with Crippen LogP contribution in [0.3, 0.4) is 0 Å². The van der Waals surface area contributed by atoms with Crippen molar-refractivity contribution >= 4 is 11.9 Å². The molecule has 1 N–H and O–H groups in total. The van der Waals surface area contributed by atoms with Crippen molar-refractivity contribution in [2.45, 2.75) is 6.42 Å². The molecule has 0 saturated heterocycles. The molecule has 0 aromatic carbocycles. The van der Waals surface area contributed by atoms with Gasteiger partial charge in [-0.15, -0.1) is 0 Å². The van der Waals surface area contributed by atoms with Crippen LogP contribution in [0, 0.1) is 0 Å². The summed E-state index contributed by atoms with van der Waals surface area (Å²) < 4.78 is 4.46. The van der Waals surface area contributed by atoms with Gasteiger partial charge in [-0.25, -0.2) is 0 Å². The first-order valence-electron chi connectivity index (χ1n) is 5.06. The molecule has 92 valence electrons. The maximum absolute atomic E-state index is 11.8. The fourth-order valence-electron chi connectivity index (χ4n) is 1.26. The molecule has 1 aromatic rings. The van der Waals surface area contributed by atoms with Crippen molar-refractivity contribution in [1.82, 2.24) is 9.88 Å². The monoisotopic (exact) mass is 238 g/mol. The highest BCUT2D eigenvalue weighted by Gasteiger charge is 2.15. The SMILES string of the molecule is COC(=O)CCN(C)C(=O)c1ccc[nH]c1=O. The summed E-state index contributed by atoms with van der Waals surface area (Å²) in [6, 6.07) is 3.01. The van der Waals surface area contributed by atoms with E-state index in [2.05, 4.69) is 9.72 Å². The summed E-state index contributed by atoms with van der Waals surface area (Å²) >= 11 is 0. The van der Waals surface area contributed by atoms with Gasteiger partial charge in [-0.3, -0.25) is 14.4 Å². The van der Waals surface area contributed by atoms with Gasteiger partial charge in [0.1, 0.15) is 5.56 Å². The van der Waals surface area contributed by atoms with Crippen LogP contribution >= 0.6 is 0 Å². The number of aromatic amines is 1. The van der Waals surface area contributed by atoms with Crippen LogP contribution in [0.5, 0.6) is 0 Å². The number of amides is 1. The van der Waals surface area contributed by atoms with Crippen molar-refractivity contribution in [3.8, 4) is 0 Å². The zero-order valence-electron chi connectivity index (χ0n) is 9.73. The molecule has 1 rings (SSSR count). The van der Waals surface area contributed by atoms with E-state index in [1.54, 1.807) is 6.07 Å². The van der Waals surface area contributed by atoms with E-state index in [0.29, 0.717) is 0 Å². The van der Waals surface area contributed by atoms with E-state index in [9.17, 15) is 14.4 Å². The largest absolute Gasteiger partial charge is 0.469 e. The summed E-state index contributed by atoms with van der Waals surface area (Å²) in [4.78, 5) is 37.8. The number of pyridine rings is 1.